The first-order chi connectivity index (χ1) is 12.1. The number of amides is 1. The Morgan fingerprint density at radius 2 is 2.16 bits per heavy atom. The van der Waals surface area contributed by atoms with Gasteiger partial charge < -0.3 is 24.0 Å². The van der Waals surface area contributed by atoms with E-state index in [4.69, 9.17) is 13.6 Å². The van der Waals surface area contributed by atoms with Gasteiger partial charge in [-0.2, -0.15) is 0 Å². The highest BCUT2D eigenvalue weighted by atomic mass is 16.5. The van der Waals surface area contributed by atoms with Crippen LogP contribution in [0.15, 0.2) is 56.3 Å². The number of carbonyl (C=O) groups excluding carboxylic acids is 1. The highest BCUT2D eigenvalue weighted by Gasteiger charge is 2.16. The number of para-hydroxylation sites is 1. The Morgan fingerprint density at radius 3 is 2.88 bits per heavy atom. The number of hydrogen-bond donors (Lipinski definition) is 2. The average Bonchev–Trinajstić information content (AvgIpc) is 3.15. The van der Waals surface area contributed by atoms with Gasteiger partial charge in [-0.1, -0.05) is 12.1 Å². The molecule has 2 N–H and O–H groups in total. The van der Waals surface area contributed by atoms with Crippen molar-refractivity contribution >= 4 is 16.9 Å². The van der Waals surface area contributed by atoms with Crippen molar-refractivity contribution in [2.75, 3.05) is 13.7 Å². The first-order valence-electron chi connectivity index (χ1n) is 7.70. The smallest absolute Gasteiger partial charge is 0.349 e. The average molecular weight is 343 g/mol. The summed E-state index contributed by atoms with van der Waals surface area (Å²) in [7, 11) is 1.47. The molecule has 130 valence electrons. The second-order valence-corrected chi connectivity index (χ2v) is 5.40. The molecule has 1 unspecified atom stereocenters. The van der Waals surface area contributed by atoms with Gasteiger partial charge in [0.25, 0.3) is 5.91 Å². The Hall–Kier alpha value is -3.06. The molecule has 1 aromatic carbocycles. The van der Waals surface area contributed by atoms with Crippen LogP contribution in [0.3, 0.4) is 0 Å². The molecule has 25 heavy (non-hydrogen) atoms. The second kappa shape index (κ2) is 7.23. The van der Waals surface area contributed by atoms with Crippen LogP contribution in [-0.2, 0) is 0 Å². The second-order valence-electron chi connectivity index (χ2n) is 5.40. The fourth-order valence-corrected chi connectivity index (χ4v) is 2.48. The number of aliphatic hydroxyl groups excluding tert-OH is 1. The number of furan rings is 1. The van der Waals surface area contributed by atoms with Gasteiger partial charge in [0.15, 0.2) is 11.3 Å². The number of nitrogens with one attached hydrogen (secondary N) is 1. The largest absolute Gasteiger partial charge is 0.493 e. The summed E-state index contributed by atoms with van der Waals surface area (Å²) in [5, 5.41) is 13.1. The SMILES string of the molecule is COc1cccc2cc(C(=O)NCCC(O)c3ccco3)c(=O)oc12. The maximum absolute atomic E-state index is 12.2. The third-order valence-electron chi connectivity index (χ3n) is 3.76. The van der Waals surface area contributed by atoms with Gasteiger partial charge >= 0.3 is 5.63 Å². The summed E-state index contributed by atoms with van der Waals surface area (Å²) in [6.07, 6.45) is 0.894. The Kier molecular flexibility index (Phi) is 4.85. The summed E-state index contributed by atoms with van der Waals surface area (Å²) in [6.45, 7) is 0.177. The van der Waals surface area contributed by atoms with Crippen molar-refractivity contribution in [3.63, 3.8) is 0 Å². The van der Waals surface area contributed by atoms with Crippen molar-refractivity contribution in [3.8, 4) is 5.75 Å². The fourth-order valence-electron chi connectivity index (χ4n) is 2.48. The van der Waals surface area contributed by atoms with Crippen molar-refractivity contribution in [1.82, 2.24) is 5.32 Å². The summed E-state index contributed by atoms with van der Waals surface area (Å²) in [4.78, 5) is 24.3. The molecule has 2 heterocycles. The number of aliphatic hydroxyl groups is 1. The molecule has 0 radical (unpaired) electrons. The topological polar surface area (TPSA) is 102 Å². The van der Waals surface area contributed by atoms with Gasteiger partial charge in [-0.15, -0.1) is 0 Å². The molecule has 0 fully saturated rings. The molecular weight excluding hydrogens is 326 g/mol. The Balaban J connectivity index is 1.72. The van der Waals surface area contributed by atoms with Crippen LogP contribution in [0.2, 0.25) is 0 Å². The van der Waals surface area contributed by atoms with E-state index in [1.165, 1.54) is 19.4 Å². The maximum Gasteiger partial charge on any atom is 0.349 e. The number of ether oxygens (including phenoxy) is 1. The minimum atomic E-state index is -0.826. The molecule has 0 spiro atoms. The molecule has 2 aromatic heterocycles. The van der Waals surface area contributed by atoms with Crippen LogP contribution >= 0.6 is 0 Å². The zero-order valence-electron chi connectivity index (χ0n) is 13.5. The third kappa shape index (κ3) is 3.56. The van der Waals surface area contributed by atoms with Crippen LogP contribution in [0.1, 0.15) is 28.6 Å². The van der Waals surface area contributed by atoms with E-state index < -0.39 is 17.6 Å². The quantitative estimate of drug-likeness (QED) is 0.666. The van der Waals surface area contributed by atoms with E-state index in [-0.39, 0.29) is 18.5 Å². The van der Waals surface area contributed by atoms with Crippen LogP contribution in [0, 0.1) is 0 Å². The summed E-state index contributed by atoms with van der Waals surface area (Å²) >= 11 is 0. The molecule has 0 bridgehead atoms. The molecule has 0 saturated carbocycles. The molecule has 7 nitrogen and oxygen atoms in total. The van der Waals surface area contributed by atoms with Crippen LogP contribution in [0.5, 0.6) is 5.75 Å². The molecule has 7 heteroatoms. The Bertz CT molecular complexity index is 928. The number of benzene rings is 1. The molecule has 0 aliphatic heterocycles. The zero-order valence-corrected chi connectivity index (χ0v) is 13.5. The van der Waals surface area contributed by atoms with Crippen molar-refractivity contribution in [1.29, 1.82) is 0 Å². The monoisotopic (exact) mass is 343 g/mol. The molecule has 0 aliphatic carbocycles. The van der Waals surface area contributed by atoms with Gasteiger partial charge in [-0.25, -0.2) is 4.79 Å². The number of hydrogen-bond acceptors (Lipinski definition) is 6. The van der Waals surface area contributed by atoms with Crippen molar-refractivity contribution < 1.29 is 23.5 Å². The van der Waals surface area contributed by atoms with Gasteiger partial charge in [0.2, 0.25) is 0 Å². The van der Waals surface area contributed by atoms with Crippen molar-refractivity contribution in [3.05, 3.63) is 64.4 Å². The highest BCUT2D eigenvalue weighted by molar-refractivity contribution is 5.97. The van der Waals surface area contributed by atoms with Crippen LogP contribution in [0.25, 0.3) is 11.0 Å². The predicted octanol–water partition coefficient (Wildman–Crippen LogP) is 2.25. The number of carbonyl (C=O) groups is 1. The molecular formula is C18H17NO6. The Morgan fingerprint density at radius 1 is 1.32 bits per heavy atom. The summed E-state index contributed by atoms with van der Waals surface area (Å²) in [5.41, 5.74) is -0.561. The van der Waals surface area contributed by atoms with E-state index in [1.54, 1.807) is 30.3 Å². The summed E-state index contributed by atoms with van der Waals surface area (Å²) in [6, 6.07) is 9.91. The van der Waals surface area contributed by atoms with Crippen LogP contribution in [0.4, 0.5) is 0 Å². The van der Waals surface area contributed by atoms with Gasteiger partial charge in [0, 0.05) is 11.9 Å². The standard InChI is InChI=1S/C18H17NO6/c1-23-15-5-2-4-11-10-12(18(22)25-16(11)15)17(21)19-8-7-13(20)14-6-3-9-24-14/h2-6,9-10,13,20H,7-8H2,1H3,(H,19,21). The van der Waals surface area contributed by atoms with Crippen molar-refractivity contribution in [2.45, 2.75) is 12.5 Å². The van der Waals surface area contributed by atoms with Gasteiger partial charge in [-0.3, -0.25) is 4.79 Å². The molecule has 1 amide bonds. The predicted molar refractivity (Wildman–Crippen MR) is 89.7 cm³/mol. The molecule has 0 saturated heterocycles. The van der Waals surface area contributed by atoms with E-state index in [1.807, 2.05) is 0 Å². The minimum Gasteiger partial charge on any atom is -0.493 e. The summed E-state index contributed by atoms with van der Waals surface area (Å²) in [5.74, 6) is 0.278. The lowest BCUT2D eigenvalue weighted by Crippen LogP contribution is -2.29. The normalized spacial score (nSPS) is 12.1. The molecule has 3 aromatic rings. The highest BCUT2D eigenvalue weighted by Crippen LogP contribution is 2.24. The van der Waals surface area contributed by atoms with Crippen LogP contribution < -0.4 is 15.7 Å². The first-order valence-corrected chi connectivity index (χ1v) is 7.70. The van der Waals surface area contributed by atoms with Crippen LogP contribution in [-0.4, -0.2) is 24.7 Å². The lowest BCUT2D eigenvalue weighted by molar-refractivity contribution is 0.0932. The van der Waals surface area contributed by atoms with Gasteiger partial charge in [0.05, 0.1) is 13.4 Å². The number of fused-ring (bicyclic) bond motifs is 1. The molecule has 3 rings (SSSR count). The van der Waals surface area contributed by atoms with E-state index in [9.17, 15) is 14.7 Å². The van der Waals surface area contributed by atoms with E-state index in [0.29, 0.717) is 22.5 Å². The van der Waals surface area contributed by atoms with E-state index in [2.05, 4.69) is 5.32 Å². The van der Waals surface area contributed by atoms with Gasteiger partial charge in [-0.05, 0) is 30.7 Å². The van der Waals surface area contributed by atoms with E-state index >= 15 is 0 Å². The van der Waals surface area contributed by atoms with E-state index in [0.717, 1.165) is 0 Å². The minimum absolute atomic E-state index is 0.103. The lowest BCUT2D eigenvalue weighted by Gasteiger charge is -2.09. The number of rotatable bonds is 6. The third-order valence-corrected chi connectivity index (χ3v) is 3.76. The fraction of sp³-hybridized carbons (Fsp3) is 0.222. The van der Waals surface area contributed by atoms with Gasteiger partial charge in [0.1, 0.15) is 17.4 Å². The number of methoxy groups -OCH3 is 1. The van der Waals surface area contributed by atoms with Crippen molar-refractivity contribution in [2.24, 2.45) is 0 Å². The lowest BCUT2D eigenvalue weighted by atomic mass is 10.1. The maximum atomic E-state index is 12.2. The molecule has 1 atom stereocenters. The summed E-state index contributed by atoms with van der Waals surface area (Å²) < 4.78 is 15.4. The molecule has 0 aliphatic rings. The first kappa shape index (κ1) is 16.8. The zero-order chi connectivity index (χ0) is 17.8. The Labute approximate surface area is 142 Å².